The van der Waals surface area contributed by atoms with E-state index in [9.17, 15) is 13.2 Å². The minimum Gasteiger partial charge on any atom is -0.351 e. The first-order valence-corrected chi connectivity index (χ1v) is 8.39. The van der Waals surface area contributed by atoms with E-state index in [-0.39, 0.29) is 16.8 Å². The lowest BCUT2D eigenvalue weighted by Gasteiger charge is -2.25. The van der Waals surface area contributed by atoms with Crippen LogP contribution < -0.4 is 15.4 Å². The second-order valence-electron chi connectivity index (χ2n) is 5.24. The van der Waals surface area contributed by atoms with Crippen molar-refractivity contribution < 1.29 is 13.2 Å². The molecule has 2 heterocycles. The highest BCUT2D eigenvalue weighted by molar-refractivity contribution is 7.89. The van der Waals surface area contributed by atoms with E-state index in [4.69, 9.17) is 0 Å². The first-order valence-electron chi connectivity index (χ1n) is 6.90. The Morgan fingerprint density at radius 3 is 2.90 bits per heavy atom. The molecule has 0 bridgehead atoms. The van der Waals surface area contributed by atoms with Crippen LogP contribution in [0.1, 0.15) is 19.8 Å². The predicted molar refractivity (Wildman–Crippen MR) is 77.0 cm³/mol. The number of carbonyl (C=O) groups is 1. The van der Waals surface area contributed by atoms with Crippen molar-refractivity contribution in [1.82, 2.24) is 25.1 Å². The summed E-state index contributed by atoms with van der Waals surface area (Å²) >= 11 is 0. The average molecular weight is 315 g/mol. The van der Waals surface area contributed by atoms with Crippen LogP contribution in [-0.4, -0.2) is 49.3 Å². The molecule has 2 unspecified atom stereocenters. The molecule has 1 aliphatic rings. The summed E-state index contributed by atoms with van der Waals surface area (Å²) in [7, 11) is -2.10. The maximum atomic E-state index is 12.1. The number of aryl methyl sites for hydroxylation is 1. The summed E-state index contributed by atoms with van der Waals surface area (Å²) in [5.41, 5.74) is 0. The normalized spacial score (nSPS) is 21.0. The fraction of sp³-hybridized carbons (Fsp3) is 0.667. The minimum absolute atomic E-state index is 0.0454. The topological polar surface area (TPSA) is 105 Å². The van der Waals surface area contributed by atoms with Crippen LogP contribution in [0.5, 0.6) is 0 Å². The molecule has 2 rings (SSSR count). The summed E-state index contributed by atoms with van der Waals surface area (Å²) in [6.45, 7) is 3.20. The summed E-state index contributed by atoms with van der Waals surface area (Å²) < 4.78 is 27.9. The van der Waals surface area contributed by atoms with E-state index < -0.39 is 16.1 Å². The maximum absolute atomic E-state index is 12.1. The van der Waals surface area contributed by atoms with Crippen LogP contribution in [0.4, 0.5) is 0 Å². The Kier molecular flexibility index (Phi) is 4.96. The van der Waals surface area contributed by atoms with E-state index >= 15 is 0 Å². The Balaban J connectivity index is 1.93. The summed E-state index contributed by atoms with van der Waals surface area (Å²) in [4.78, 5) is 12.1. The van der Waals surface area contributed by atoms with Gasteiger partial charge in [0.25, 0.3) is 0 Å². The predicted octanol–water partition coefficient (Wildman–Crippen LogP) is -1.04. The Bertz CT molecular complexity index is 592. The van der Waals surface area contributed by atoms with Gasteiger partial charge < -0.3 is 10.6 Å². The van der Waals surface area contributed by atoms with Gasteiger partial charge in [-0.15, -0.1) is 0 Å². The maximum Gasteiger partial charge on any atom is 0.244 e. The average Bonchev–Trinajstić information content (AvgIpc) is 2.87. The molecule has 0 saturated carbocycles. The quantitative estimate of drug-likeness (QED) is 0.643. The van der Waals surface area contributed by atoms with Gasteiger partial charge in [0.1, 0.15) is 4.90 Å². The van der Waals surface area contributed by atoms with Crippen LogP contribution in [0.3, 0.4) is 0 Å². The van der Waals surface area contributed by atoms with Crippen molar-refractivity contribution in [3.8, 4) is 0 Å². The van der Waals surface area contributed by atoms with Gasteiger partial charge in [-0.05, 0) is 26.3 Å². The molecule has 1 aromatic heterocycles. The molecule has 1 aromatic rings. The largest absolute Gasteiger partial charge is 0.351 e. The highest BCUT2D eigenvalue weighted by atomic mass is 32.2. The summed E-state index contributed by atoms with van der Waals surface area (Å²) in [5.74, 6) is -0.323. The zero-order valence-electron chi connectivity index (χ0n) is 12.2. The number of piperidine rings is 1. The number of nitrogens with zero attached hydrogens (tertiary/aromatic N) is 2. The minimum atomic E-state index is -3.73. The van der Waals surface area contributed by atoms with Gasteiger partial charge >= 0.3 is 0 Å². The third kappa shape index (κ3) is 4.26. The number of nitrogens with one attached hydrogen (secondary N) is 3. The van der Waals surface area contributed by atoms with Gasteiger partial charge in [-0.25, -0.2) is 8.42 Å². The number of hydrogen-bond acceptors (Lipinski definition) is 5. The van der Waals surface area contributed by atoms with Crippen LogP contribution in [0.25, 0.3) is 0 Å². The monoisotopic (exact) mass is 315 g/mol. The van der Waals surface area contributed by atoms with Crippen molar-refractivity contribution in [1.29, 1.82) is 0 Å². The van der Waals surface area contributed by atoms with Crippen molar-refractivity contribution in [2.75, 3.05) is 13.1 Å². The molecule has 1 amide bonds. The molecule has 0 aliphatic carbocycles. The Labute approximate surface area is 124 Å². The molecule has 0 aromatic carbocycles. The fourth-order valence-corrected chi connectivity index (χ4v) is 3.38. The highest BCUT2D eigenvalue weighted by Crippen LogP contribution is 2.07. The van der Waals surface area contributed by atoms with Crippen molar-refractivity contribution >= 4 is 15.9 Å². The van der Waals surface area contributed by atoms with Crippen LogP contribution in [0.2, 0.25) is 0 Å². The van der Waals surface area contributed by atoms with E-state index in [0.717, 1.165) is 19.4 Å². The SMILES string of the molecule is CC(NS(=O)(=O)c1cnn(C)c1)C(=O)NC1CCCNC1. The van der Waals surface area contributed by atoms with Crippen molar-refractivity contribution in [2.45, 2.75) is 36.7 Å². The smallest absolute Gasteiger partial charge is 0.244 e. The molecule has 8 nitrogen and oxygen atoms in total. The van der Waals surface area contributed by atoms with E-state index in [1.165, 1.54) is 24.0 Å². The molecule has 2 atom stereocenters. The van der Waals surface area contributed by atoms with Gasteiger partial charge in [0.15, 0.2) is 0 Å². The number of hydrogen-bond donors (Lipinski definition) is 3. The molecule has 0 radical (unpaired) electrons. The molecule has 1 aliphatic heterocycles. The zero-order valence-corrected chi connectivity index (χ0v) is 13.0. The molecular weight excluding hydrogens is 294 g/mol. The number of amides is 1. The second kappa shape index (κ2) is 6.54. The van der Waals surface area contributed by atoms with E-state index in [1.807, 2.05) is 0 Å². The van der Waals surface area contributed by atoms with Crippen LogP contribution in [0.15, 0.2) is 17.3 Å². The fourth-order valence-electron chi connectivity index (χ4n) is 2.19. The number of aromatic nitrogens is 2. The third-order valence-corrected chi connectivity index (χ3v) is 4.86. The lowest BCUT2D eigenvalue weighted by Crippen LogP contribution is -2.52. The first-order chi connectivity index (χ1) is 9.88. The van der Waals surface area contributed by atoms with Gasteiger partial charge in [0, 0.05) is 25.8 Å². The molecule has 9 heteroatoms. The lowest BCUT2D eigenvalue weighted by molar-refractivity contribution is -0.123. The van der Waals surface area contributed by atoms with Crippen molar-refractivity contribution in [3.63, 3.8) is 0 Å². The first kappa shape index (κ1) is 15.9. The summed E-state index contributed by atoms with van der Waals surface area (Å²) in [6.07, 6.45) is 4.54. The van der Waals surface area contributed by atoms with E-state index in [2.05, 4.69) is 20.5 Å². The van der Waals surface area contributed by atoms with Crippen LogP contribution in [0, 0.1) is 0 Å². The number of carbonyl (C=O) groups excluding carboxylic acids is 1. The number of sulfonamides is 1. The van der Waals surface area contributed by atoms with E-state index in [1.54, 1.807) is 7.05 Å². The van der Waals surface area contributed by atoms with Gasteiger partial charge in [-0.3, -0.25) is 9.48 Å². The van der Waals surface area contributed by atoms with Gasteiger partial charge in [-0.1, -0.05) is 0 Å². The summed E-state index contributed by atoms with van der Waals surface area (Å²) in [5, 5.41) is 9.86. The van der Waals surface area contributed by atoms with Crippen LogP contribution in [-0.2, 0) is 21.9 Å². The molecule has 21 heavy (non-hydrogen) atoms. The van der Waals surface area contributed by atoms with Crippen LogP contribution >= 0.6 is 0 Å². The Hall–Kier alpha value is -1.45. The Morgan fingerprint density at radius 1 is 1.57 bits per heavy atom. The zero-order chi connectivity index (χ0) is 15.5. The molecule has 1 fully saturated rings. The molecule has 0 spiro atoms. The third-order valence-electron chi connectivity index (χ3n) is 3.36. The highest BCUT2D eigenvalue weighted by Gasteiger charge is 2.25. The molecule has 118 valence electrons. The summed E-state index contributed by atoms with van der Waals surface area (Å²) in [6, 6.07) is -0.784. The number of rotatable bonds is 5. The van der Waals surface area contributed by atoms with Gasteiger partial charge in [0.05, 0.1) is 12.2 Å². The van der Waals surface area contributed by atoms with Crippen molar-refractivity contribution in [2.24, 2.45) is 7.05 Å². The lowest BCUT2D eigenvalue weighted by atomic mass is 10.1. The van der Waals surface area contributed by atoms with Gasteiger partial charge in [0.2, 0.25) is 15.9 Å². The van der Waals surface area contributed by atoms with Gasteiger partial charge in [-0.2, -0.15) is 9.82 Å². The standard InChI is InChI=1S/C12H21N5O3S/c1-9(12(18)15-10-4-3-5-13-6-10)16-21(19,20)11-7-14-17(2)8-11/h7-10,13,16H,3-6H2,1-2H3,(H,15,18). The van der Waals surface area contributed by atoms with E-state index in [0.29, 0.717) is 6.54 Å². The second-order valence-corrected chi connectivity index (χ2v) is 6.96. The molecule has 1 saturated heterocycles. The molecule has 3 N–H and O–H groups in total. The molecular formula is C12H21N5O3S. The van der Waals surface area contributed by atoms with Crippen molar-refractivity contribution in [3.05, 3.63) is 12.4 Å². The Morgan fingerprint density at radius 2 is 2.33 bits per heavy atom.